The molecule has 1 N–H and O–H groups in total. The molecule has 0 bridgehead atoms. The molecular weight excluding hydrogens is 314 g/mol. The molecule has 2 heterocycles. The summed E-state index contributed by atoms with van der Waals surface area (Å²) in [4.78, 5) is 32.3. The van der Waals surface area contributed by atoms with Crippen LogP contribution in [0.4, 0.5) is 0 Å². The van der Waals surface area contributed by atoms with Crippen molar-refractivity contribution in [1.29, 1.82) is 0 Å². The van der Waals surface area contributed by atoms with Gasteiger partial charge in [-0.25, -0.2) is 0 Å². The number of likely N-dealkylation sites (tertiary alicyclic amines) is 1. The van der Waals surface area contributed by atoms with Gasteiger partial charge in [-0.2, -0.15) is 0 Å². The van der Waals surface area contributed by atoms with Crippen LogP contribution in [0.1, 0.15) is 38.7 Å². The van der Waals surface area contributed by atoms with Crippen molar-refractivity contribution < 1.29 is 9.59 Å². The maximum atomic E-state index is 12.7. The van der Waals surface area contributed by atoms with Crippen LogP contribution in [0.25, 0.3) is 10.9 Å². The third kappa shape index (κ3) is 3.55. The zero-order valence-corrected chi connectivity index (χ0v) is 15.1. The zero-order chi connectivity index (χ0) is 17.8. The minimum atomic E-state index is -0.268. The Hall–Kier alpha value is -2.30. The van der Waals surface area contributed by atoms with Crippen LogP contribution < -0.4 is 0 Å². The van der Waals surface area contributed by atoms with E-state index in [1.807, 2.05) is 43.1 Å². The lowest BCUT2D eigenvalue weighted by Gasteiger charge is -2.29. The summed E-state index contributed by atoms with van der Waals surface area (Å²) in [7, 11) is 0. The van der Waals surface area contributed by atoms with E-state index in [1.165, 1.54) is 5.39 Å². The minimum absolute atomic E-state index is 0.0910. The van der Waals surface area contributed by atoms with E-state index in [4.69, 9.17) is 0 Å². The Morgan fingerprint density at radius 1 is 1.24 bits per heavy atom. The number of amides is 2. The number of nitrogens with zero attached hydrogens (tertiary/aromatic N) is 2. The Kier molecular flexibility index (Phi) is 5.41. The molecule has 1 aromatic carbocycles. The molecule has 3 rings (SSSR count). The number of nitrogens with one attached hydrogen (secondary N) is 1. The molecule has 1 atom stereocenters. The lowest BCUT2D eigenvalue weighted by atomic mass is 10.1. The Bertz CT molecular complexity index is 748. The molecule has 25 heavy (non-hydrogen) atoms. The van der Waals surface area contributed by atoms with Crippen molar-refractivity contribution in [2.75, 3.05) is 19.6 Å². The molecule has 5 heteroatoms. The topological polar surface area (TPSA) is 56.4 Å². The first-order valence-corrected chi connectivity index (χ1v) is 9.29. The molecule has 1 aromatic heterocycles. The molecule has 1 unspecified atom stereocenters. The van der Waals surface area contributed by atoms with E-state index in [0.29, 0.717) is 32.5 Å². The Morgan fingerprint density at radius 3 is 2.76 bits per heavy atom. The molecule has 1 saturated heterocycles. The van der Waals surface area contributed by atoms with Crippen molar-refractivity contribution in [3.8, 4) is 0 Å². The van der Waals surface area contributed by atoms with Crippen LogP contribution in [0.2, 0.25) is 0 Å². The van der Waals surface area contributed by atoms with Crippen LogP contribution >= 0.6 is 0 Å². The van der Waals surface area contributed by atoms with Crippen molar-refractivity contribution in [2.24, 2.45) is 0 Å². The fraction of sp³-hybridized carbons (Fsp3) is 0.500. The van der Waals surface area contributed by atoms with Crippen LogP contribution in [0.15, 0.2) is 30.5 Å². The second-order valence-corrected chi connectivity index (χ2v) is 6.62. The van der Waals surface area contributed by atoms with Crippen LogP contribution in [0.3, 0.4) is 0 Å². The Morgan fingerprint density at radius 2 is 2.00 bits per heavy atom. The fourth-order valence-corrected chi connectivity index (χ4v) is 3.79. The Labute approximate surface area is 149 Å². The van der Waals surface area contributed by atoms with Gasteiger partial charge in [-0.3, -0.25) is 9.59 Å². The third-order valence-electron chi connectivity index (χ3n) is 5.22. The lowest BCUT2D eigenvalue weighted by Crippen LogP contribution is -2.47. The lowest BCUT2D eigenvalue weighted by molar-refractivity contribution is -0.143. The highest BCUT2D eigenvalue weighted by Gasteiger charge is 2.35. The monoisotopic (exact) mass is 341 g/mol. The van der Waals surface area contributed by atoms with E-state index < -0.39 is 0 Å². The second-order valence-electron chi connectivity index (χ2n) is 6.62. The second kappa shape index (κ2) is 7.72. The molecule has 1 aliphatic heterocycles. The number of aromatic nitrogens is 1. The highest BCUT2D eigenvalue weighted by molar-refractivity contribution is 5.89. The minimum Gasteiger partial charge on any atom is -0.361 e. The van der Waals surface area contributed by atoms with Gasteiger partial charge < -0.3 is 14.8 Å². The molecule has 0 spiro atoms. The van der Waals surface area contributed by atoms with E-state index >= 15 is 0 Å². The van der Waals surface area contributed by atoms with Gasteiger partial charge in [0.25, 0.3) is 0 Å². The summed E-state index contributed by atoms with van der Waals surface area (Å²) in [5, 5.41) is 1.17. The summed E-state index contributed by atoms with van der Waals surface area (Å²) in [6.45, 7) is 6.07. The maximum absolute atomic E-state index is 12.7. The number of likely N-dealkylation sites (N-methyl/N-ethyl adjacent to an activating group) is 1. The molecule has 0 radical (unpaired) electrons. The number of hydrogen-bond donors (Lipinski definition) is 1. The average Bonchev–Trinajstić information content (AvgIpc) is 3.28. The molecule has 2 aromatic rings. The van der Waals surface area contributed by atoms with Crippen molar-refractivity contribution in [1.82, 2.24) is 14.8 Å². The molecule has 134 valence electrons. The van der Waals surface area contributed by atoms with Gasteiger partial charge in [0.05, 0.1) is 0 Å². The van der Waals surface area contributed by atoms with E-state index in [2.05, 4.69) is 11.1 Å². The highest BCUT2D eigenvalue weighted by Crippen LogP contribution is 2.23. The number of H-pyrrole nitrogens is 1. The average molecular weight is 341 g/mol. The van der Waals surface area contributed by atoms with E-state index in [9.17, 15) is 9.59 Å². The number of carbonyl (C=O) groups is 2. The molecule has 1 fully saturated rings. The van der Waals surface area contributed by atoms with Crippen LogP contribution in [0, 0.1) is 0 Å². The van der Waals surface area contributed by atoms with E-state index in [0.717, 1.165) is 23.9 Å². The van der Waals surface area contributed by atoms with Crippen LogP contribution in [0.5, 0.6) is 0 Å². The highest BCUT2D eigenvalue weighted by atomic mass is 16.2. The van der Waals surface area contributed by atoms with Gasteiger partial charge in [-0.1, -0.05) is 18.2 Å². The SMILES string of the molecule is CCN(CC)C(=O)C1CCCN1C(=O)CCc1c[nH]c2ccccc12. The molecule has 2 amide bonds. The molecular formula is C20H27N3O2. The van der Waals surface area contributed by atoms with Gasteiger partial charge in [-0.15, -0.1) is 0 Å². The quantitative estimate of drug-likeness (QED) is 0.878. The molecule has 5 nitrogen and oxygen atoms in total. The first-order valence-electron chi connectivity index (χ1n) is 9.29. The molecule has 0 saturated carbocycles. The number of hydrogen-bond acceptors (Lipinski definition) is 2. The van der Waals surface area contributed by atoms with Gasteiger partial charge >= 0.3 is 0 Å². The van der Waals surface area contributed by atoms with Crippen LogP contribution in [-0.2, 0) is 16.0 Å². The summed E-state index contributed by atoms with van der Waals surface area (Å²) in [5.41, 5.74) is 2.26. The van der Waals surface area contributed by atoms with Gasteiger partial charge in [0, 0.05) is 43.2 Å². The Balaban J connectivity index is 1.65. The summed E-state index contributed by atoms with van der Waals surface area (Å²) < 4.78 is 0. The summed E-state index contributed by atoms with van der Waals surface area (Å²) in [6, 6.07) is 7.87. The van der Waals surface area contributed by atoms with Crippen molar-refractivity contribution in [2.45, 2.75) is 45.6 Å². The normalized spacial score (nSPS) is 17.2. The fourth-order valence-electron chi connectivity index (χ4n) is 3.79. The van der Waals surface area contributed by atoms with E-state index in [1.54, 1.807) is 4.90 Å². The number of aryl methyl sites for hydroxylation is 1. The zero-order valence-electron chi connectivity index (χ0n) is 15.1. The first-order chi connectivity index (χ1) is 12.2. The third-order valence-corrected chi connectivity index (χ3v) is 5.22. The summed E-state index contributed by atoms with van der Waals surface area (Å²) >= 11 is 0. The van der Waals surface area contributed by atoms with E-state index in [-0.39, 0.29) is 17.9 Å². The summed E-state index contributed by atoms with van der Waals surface area (Å²) in [6.07, 6.45) is 4.83. The van der Waals surface area contributed by atoms with Gasteiger partial charge in [0.2, 0.25) is 11.8 Å². The smallest absolute Gasteiger partial charge is 0.245 e. The summed E-state index contributed by atoms with van der Waals surface area (Å²) in [5.74, 6) is 0.191. The largest absolute Gasteiger partial charge is 0.361 e. The molecule has 1 aliphatic rings. The van der Waals surface area contributed by atoms with Crippen molar-refractivity contribution >= 4 is 22.7 Å². The first kappa shape index (κ1) is 17.5. The number of aromatic amines is 1. The van der Waals surface area contributed by atoms with Gasteiger partial charge in [0.1, 0.15) is 6.04 Å². The van der Waals surface area contributed by atoms with Crippen molar-refractivity contribution in [3.63, 3.8) is 0 Å². The number of para-hydroxylation sites is 1. The maximum Gasteiger partial charge on any atom is 0.245 e. The predicted octanol–water partition coefficient (Wildman–Crippen LogP) is 2.96. The van der Waals surface area contributed by atoms with Gasteiger partial charge in [-0.05, 0) is 44.7 Å². The number of fused-ring (bicyclic) bond motifs is 1. The van der Waals surface area contributed by atoms with Gasteiger partial charge in [0.15, 0.2) is 0 Å². The number of carbonyl (C=O) groups excluding carboxylic acids is 2. The molecule has 0 aliphatic carbocycles. The predicted molar refractivity (Wildman–Crippen MR) is 99.3 cm³/mol. The number of benzene rings is 1. The standard InChI is InChI=1S/C20H27N3O2/c1-3-22(4-2)20(25)18-10-7-13-23(18)19(24)12-11-15-14-21-17-9-6-5-8-16(15)17/h5-6,8-9,14,18,21H,3-4,7,10-13H2,1-2H3. The van der Waals surface area contributed by atoms with Crippen LogP contribution in [-0.4, -0.2) is 52.3 Å². The number of rotatable bonds is 6. The van der Waals surface area contributed by atoms with Crippen molar-refractivity contribution in [3.05, 3.63) is 36.0 Å².